The Balaban J connectivity index is 2.30. The molecule has 0 aromatic heterocycles. The van der Waals surface area contributed by atoms with Crippen molar-refractivity contribution in [3.63, 3.8) is 0 Å². The number of fused-ring (bicyclic) bond motifs is 3. The molecule has 2 aromatic carbocycles. The first-order chi connectivity index (χ1) is 7.86. The summed E-state index contributed by atoms with van der Waals surface area (Å²) < 4.78 is 5.51. The van der Waals surface area contributed by atoms with Crippen LogP contribution in [0.5, 0.6) is 0 Å². The minimum absolute atomic E-state index is 0.00333. The molecule has 16 heavy (non-hydrogen) atoms. The lowest BCUT2D eigenvalue weighted by atomic mass is 9.93. The highest BCUT2D eigenvalue weighted by Crippen LogP contribution is 2.29. The van der Waals surface area contributed by atoms with Gasteiger partial charge < -0.3 is 10.5 Å². The van der Waals surface area contributed by atoms with Crippen LogP contribution in [0.4, 0.5) is 0 Å². The molecular formula is C14H15NO. The fourth-order valence-corrected chi connectivity index (χ4v) is 2.47. The van der Waals surface area contributed by atoms with Crippen LogP contribution in [0.2, 0.25) is 0 Å². The molecule has 2 aromatic rings. The van der Waals surface area contributed by atoms with Gasteiger partial charge in [-0.3, -0.25) is 0 Å². The lowest BCUT2D eigenvalue weighted by molar-refractivity contribution is 0.131. The first-order valence-electron chi connectivity index (χ1n) is 5.70. The Hall–Kier alpha value is -1.38. The van der Waals surface area contributed by atoms with Crippen LogP contribution in [0.1, 0.15) is 17.2 Å². The Morgan fingerprint density at radius 2 is 2.00 bits per heavy atom. The monoisotopic (exact) mass is 213 g/mol. The zero-order chi connectivity index (χ0) is 11.0. The third kappa shape index (κ3) is 1.51. The number of hydrogen-bond donors (Lipinski definition) is 1. The van der Waals surface area contributed by atoms with Crippen molar-refractivity contribution >= 4 is 10.8 Å². The van der Waals surface area contributed by atoms with E-state index in [0.717, 1.165) is 13.0 Å². The topological polar surface area (TPSA) is 35.2 Å². The Bertz CT molecular complexity index is 521. The fourth-order valence-electron chi connectivity index (χ4n) is 2.47. The van der Waals surface area contributed by atoms with Gasteiger partial charge >= 0.3 is 0 Å². The van der Waals surface area contributed by atoms with Gasteiger partial charge in [-0.1, -0.05) is 36.4 Å². The summed E-state index contributed by atoms with van der Waals surface area (Å²) in [6.45, 7) is 1.40. The molecule has 1 atom stereocenters. The molecule has 0 saturated heterocycles. The van der Waals surface area contributed by atoms with Crippen LogP contribution in [0, 0.1) is 0 Å². The van der Waals surface area contributed by atoms with E-state index in [1.165, 1.54) is 21.9 Å². The Morgan fingerprint density at radius 1 is 1.12 bits per heavy atom. The lowest BCUT2D eigenvalue weighted by Gasteiger charge is -2.15. The van der Waals surface area contributed by atoms with Crippen molar-refractivity contribution in [3.8, 4) is 0 Å². The van der Waals surface area contributed by atoms with Gasteiger partial charge in [-0.2, -0.15) is 0 Å². The van der Waals surface area contributed by atoms with Gasteiger partial charge in [0, 0.05) is 0 Å². The molecule has 2 heteroatoms. The second-order valence-corrected chi connectivity index (χ2v) is 4.29. The van der Waals surface area contributed by atoms with Crippen molar-refractivity contribution in [2.45, 2.75) is 12.5 Å². The third-order valence-electron chi connectivity index (χ3n) is 3.24. The molecule has 2 nitrogen and oxygen atoms in total. The van der Waals surface area contributed by atoms with Gasteiger partial charge in [-0.05, 0) is 28.3 Å². The number of ether oxygens (including phenoxy) is 1. The van der Waals surface area contributed by atoms with Crippen molar-refractivity contribution in [1.29, 1.82) is 0 Å². The number of rotatable bonds is 0. The molecule has 0 bridgehead atoms. The molecule has 1 aliphatic rings. The summed E-state index contributed by atoms with van der Waals surface area (Å²) in [7, 11) is 0. The van der Waals surface area contributed by atoms with Gasteiger partial charge in [-0.15, -0.1) is 0 Å². The molecule has 0 amide bonds. The maximum absolute atomic E-state index is 6.19. The van der Waals surface area contributed by atoms with Crippen LogP contribution < -0.4 is 5.73 Å². The van der Waals surface area contributed by atoms with Gasteiger partial charge in [0.15, 0.2) is 0 Å². The molecule has 3 rings (SSSR count). The van der Waals surface area contributed by atoms with Crippen molar-refractivity contribution in [3.05, 3.63) is 47.5 Å². The third-order valence-corrected chi connectivity index (χ3v) is 3.24. The predicted molar refractivity (Wildman–Crippen MR) is 65.4 cm³/mol. The van der Waals surface area contributed by atoms with Crippen molar-refractivity contribution in [2.75, 3.05) is 13.2 Å². The largest absolute Gasteiger partial charge is 0.379 e. The normalized spacial score (nSPS) is 20.4. The quantitative estimate of drug-likeness (QED) is 0.729. The first kappa shape index (κ1) is 9.82. The first-order valence-corrected chi connectivity index (χ1v) is 5.70. The van der Waals surface area contributed by atoms with E-state index in [0.29, 0.717) is 6.61 Å². The van der Waals surface area contributed by atoms with Crippen molar-refractivity contribution in [2.24, 2.45) is 5.73 Å². The van der Waals surface area contributed by atoms with E-state index in [4.69, 9.17) is 10.5 Å². The Morgan fingerprint density at radius 3 is 2.94 bits per heavy atom. The summed E-state index contributed by atoms with van der Waals surface area (Å²) in [4.78, 5) is 0. The lowest BCUT2D eigenvalue weighted by Crippen LogP contribution is -2.16. The second-order valence-electron chi connectivity index (χ2n) is 4.29. The van der Waals surface area contributed by atoms with E-state index in [1.807, 2.05) is 0 Å². The number of nitrogens with two attached hydrogens (primary N) is 1. The van der Waals surface area contributed by atoms with E-state index in [9.17, 15) is 0 Å². The van der Waals surface area contributed by atoms with Crippen LogP contribution in [0.25, 0.3) is 10.8 Å². The average Bonchev–Trinajstić information content (AvgIpc) is 2.51. The van der Waals surface area contributed by atoms with E-state index >= 15 is 0 Å². The highest BCUT2D eigenvalue weighted by molar-refractivity contribution is 5.87. The molecular weight excluding hydrogens is 198 g/mol. The smallest absolute Gasteiger partial charge is 0.0659 e. The number of hydrogen-bond acceptors (Lipinski definition) is 2. The number of benzene rings is 2. The zero-order valence-corrected chi connectivity index (χ0v) is 9.15. The second kappa shape index (κ2) is 3.89. The summed E-state index contributed by atoms with van der Waals surface area (Å²) in [5.41, 5.74) is 8.80. The molecule has 1 aliphatic heterocycles. The van der Waals surface area contributed by atoms with Gasteiger partial charge in [0.1, 0.15) is 0 Å². The van der Waals surface area contributed by atoms with Crippen LogP contribution in [-0.4, -0.2) is 13.2 Å². The maximum atomic E-state index is 6.19. The summed E-state index contributed by atoms with van der Waals surface area (Å²) >= 11 is 0. The van der Waals surface area contributed by atoms with Crippen molar-refractivity contribution in [1.82, 2.24) is 0 Å². The molecule has 0 radical (unpaired) electrons. The molecule has 1 unspecified atom stereocenters. The van der Waals surface area contributed by atoms with E-state index in [-0.39, 0.29) is 6.04 Å². The van der Waals surface area contributed by atoms with Crippen LogP contribution in [0.15, 0.2) is 36.4 Å². The summed E-state index contributed by atoms with van der Waals surface area (Å²) in [6, 6.07) is 12.8. The fraction of sp³-hybridized carbons (Fsp3) is 0.286. The molecule has 1 heterocycles. The van der Waals surface area contributed by atoms with Crippen LogP contribution in [0.3, 0.4) is 0 Å². The molecule has 0 fully saturated rings. The highest BCUT2D eigenvalue weighted by atomic mass is 16.5. The summed E-state index contributed by atoms with van der Waals surface area (Å²) in [5.74, 6) is 0. The average molecular weight is 213 g/mol. The minimum atomic E-state index is 0.00333. The molecule has 0 saturated carbocycles. The van der Waals surface area contributed by atoms with Gasteiger partial charge in [0.05, 0.1) is 19.3 Å². The van der Waals surface area contributed by atoms with Gasteiger partial charge in [0.25, 0.3) is 0 Å². The van der Waals surface area contributed by atoms with Crippen LogP contribution in [-0.2, 0) is 11.2 Å². The highest BCUT2D eigenvalue weighted by Gasteiger charge is 2.17. The Kier molecular flexibility index (Phi) is 2.39. The Labute approximate surface area is 95.0 Å². The predicted octanol–water partition coefficient (Wildman–Crippen LogP) is 2.41. The standard InChI is InChI=1S/C14H15NO/c15-13-9-16-8-7-11-6-5-10-3-1-2-4-12(10)14(11)13/h1-6,13H,7-9,15H2. The molecule has 0 aliphatic carbocycles. The van der Waals surface area contributed by atoms with E-state index in [1.54, 1.807) is 0 Å². The maximum Gasteiger partial charge on any atom is 0.0659 e. The van der Waals surface area contributed by atoms with Gasteiger partial charge in [-0.25, -0.2) is 0 Å². The van der Waals surface area contributed by atoms with Crippen molar-refractivity contribution < 1.29 is 4.74 Å². The van der Waals surface area contributed by atoms with E-state index < -0.39 is 0 Å². The minimum Gasteiger partial charge on any atom is -0.379 e. The van der Waals surface area contributed by atoms with Gasteiger partial charge in [0.2, 0.25) is 0 Å². The zero-order valence-electron chi connectivity index (χ0n) is 9.15. The molecule has 82 valence electrons. The SMILES string of the molecule is NC1COCCc2ccc3ccccc3c21. The van der Waals surface area contributed by atoms with E-state index in [2.05, 4.69) is 36.4 Å². The van der Waals surface area contributed by atoms with Crippen LogP contribution >= 0.6 is 0 Å². The summed E-state index contributed by atoms with van der Waals surface area (Å²) in [6.07, 6.45) is 0.966. The molecule has 0 spiro atoms. The summed E-state index contributed by atoms with van der Waals surface area (Å²) in [5, 5.41) is 2.54. The molecule has 2 N–H and O–H groups in total.